The lowest BCUT2D eigenvalue weighted by atomic mass is 10.0. The van der Waals surface area contributed by atoms with Crippen molar-refractivity contribution in [2.24, 2.45) is 5.92 Å². The maximum absolute atomic E-state index is 9.12. The van der Waals surface area contributed by atoms with Gasteiger partial charge >= 0.3 is 7.82 Å². The lowest BCUT2D eigenvalue weighted by Crippen LogP contribution is -2.08. The largest absolute Gasteiger partial charge is 0.466 e. The molecule has 0 spiro atoms. The van der Waals surface area contributed by atoms with Crippen molar-refractivity contribution in [1.82, 2.24) is 0 Å². The van der Waals surface area contributed by atoms with Crippen molar-refractivity contribution in [2.45, 2.75) is 103 Å². The number of aliphatic hydroxyl groups excluding tert-OH is 1. The molecule has 4 N–H and O–H groups in total. The molecule has 0 aromatic carbocycles. The van der Waals surface area contributed by atoms with E-state index >= 15 is 0 Å². The minimum atomic E-state index is -4.64. The molecule has 0 aromatic rings. The summed E-state index contributed by atoms with van der Waals surface area (Å²) in [5.41, 5.74) is 0. The third-order valence-corrected chi connectivity index (χ3v) is 5.92. The van der Waals surface area contributed by atoms with E-state index in [1.807, 2.05) is 11.8 Å². The summed E-state index contributed by atoms with van der Waals surface area (Å²) in [6.07, 6.45) is 20.1. The second-order valence-electron chi connectivity index (χ2n) is 7.60. The summed E-state index contributed by atoms with van der Waals surface area (Å²) < 4.78 is 8.88. The number of aliphatic hydroxyl groups is 1. The van der Waals surface area contributed by atoms with Crippen LogP contribution in [0.4, 0.5) is 0 Å². The lowest BCUT2D eigenvalue weighted by molar-refractivity contribution is 0.242. The second kappa shape index (κ2) is 24.2. The van der Waals surface area contributed by atoms with Crippen LogP contribution in [0.2, 0.25) is 0 Å². The van der Waals surface area contributed by atoms with E-state index in [1.165, 1.54) is 95.6 Å². The summed E-state index contributed by atoms with van der Waals surface area (Å²) in [5, 5.41) is 17.8. The Morgan fingerprint density at radius 3 is 1.55 bits per heavy atom. The molecule has 0 bridgehead atoms. The fourth-order valence-electron chi connectivity index (χ4n) is 2.95. The molecule has 174 valence electrons. The molecule has 8 heteroatoms. The Balaban J connectivity index is 0. The topological polar surface area (TPSA) is 122 Å². The van der Waals surface area contributed by atoms with Gasteiger partial charge in [-0.2, -0.15) is 17.0 Å². The molecular weight excluding hydrogens is 409 g/mol. The Kier molecular flexibility index (Phi) is 25.9. The molecule has 0 aliphatic heterocycles. The first kappa shape index (κ1) is 31.1. The van der Waals surface area contributed by atoms with Gasteiger partial charge < -0.3 is 19.8 Å². The van der Waals surface area contributed by atoms with Crippen molar-refractivity contribution < 1.29 is 24.4 Å². The Bertz CT molecular complexity index is 406. The molecule has 0 amide bonds. The van der Waals surface area contributed by atoms with E-state index in [-0.39, 0.29) is 12.5 Å². The third kappa shape index (κ3) is 35.7. The number of nitriles is 1. The standard InChI is InChI=1S/C21H41NOS.H3O4P/c1-2-3-4-5-6-7-8-9-10-11-12-13-14-15-18-24-20-21(19-23)16-17-22;1-5(2,3)4/h21,23H,2-16,18-20H2,1H3;(H3,1,2,3,4). The van der Waals surface area contributed by atoms with Gasteiger partial charge in [-0.25, -0.2) is 4.57 Å². The fourth-order valence-corrected chi connectivity index (χ4v) is 4.09. The summed E-state index contributed by atoms with van der Waals surface area (Å²) in [7, 11) is -4.64. The van der Waals surface area contributed by atoms with Gasteiger partial charge in [0.05, 0.1) is 6.07 Å². The molecule has 0 saturated carbocycles. The van der Waals surface area contributed by atoms with Gasteiger partial charge in [0.15, 0.2) is 0 Å². The molecule has 1 unspecified atom stereocenters. The highest BCUT2D eigenvalue weighted by Gasteiger charge is 2.06. The quantitative estimate of drug-likeness (QED) is 0.144. The summed E-state index contributed by atoms with van der Waals surface area (Å²) in [4.78, 5) is 21.6. The van der Waals surface area contributed by atoms with Crippen LogP contribution in [0.15, 0.2) is 0 Å². The zero-order valence-corrected chi connectivity index (χ0v) is 20.0. The monoisotopic (exact) mass is 453 g/mol. The summed E-state index contributed by atoms with van der Waals surface area (Å²) in [6.45, 7) is 2.43. The van der Waals surface area contributed by atoms with Crippen LogP contribution >= 0.6 is 19.6 Å². The van der Waals surface area contributed by atoms with Gasteiger partial charge in [0.25, 0.3) is 0 Å². The third-order valence-electron chi connectivity index (χ3n) is 4.63. The van der Waals surface area contributed by atoms with Crippen LogP contribution in [-0.4, -0.2) is 37.9 Å². The first-order valence-corrected chi connectivity index (χ1v) is 13.9. The van der Waals surface area contributed by atoms with Crippen LogP contribution in [0.5, 0.6) is 0 Å². The summed E-state index contributed by atoms with van der Waals surface area (Å²) in [6, 6.07) is 2.15. The first-order valence-electron chi connectivity index (χ1n) is 11.2. The molecule has 0 radical (unpaired) electrons. The van der Waals surface area contributed by atoms with Gasteiger partial charge in [-0.3, -0.25) is 0 Å². The van der Waals surface area contributed by atoms with Gasteiger partial charge in [0.2, 0.25) is 0 Å². The Labute approximate surface area is 182 Å². The highest BCUT2D eigenvalue weighted by molar-refractivity contribution is 7.99. The van der Waals surface area contributed by atoms with E-state index < -0.39 is 7.82 Å². The Morgan fingerprint density at radius 2 is 1.21 bits per heavy atom. The minimum absolute atomic E-state index is 0.152. The number of unbranched alkanes of at least 4 members (excludes halogenated alkanes) is 13. The van der Waals surface area contributed by atoms with E-state index in [0.717, 1.165) is 5.75 Å². The van der Waals surface area contributed by atoms with Crippen molar-refractivity contribution in [3.63, 3.8) is 0 Å². The van der Waals surface area contributed by atoms with Crippen molar-refractivity contribution in [3.05, 3.63) is 0 Å². The zero-order chi connectivity index (χ0) is 22.2. The number of hydrogen-bond acceptors (Lipinski definition) is 4. The maximum atomic E-state index is 9.12. The molecule has 1 atom stereocenters. The average Bonchev–Trinajstić information content (AvgIpc) is 2.65. The summed E-state index contributed by atoms with van der Waals surface area (Å²) in [5.74, 6) is 2.29. The van der Waals surface area contributed by atoms with E-state index in [0.29, 0.717) is 6.42 Å². The van der Waals surface area contributed by atoms with Gasteiger partial charge in [0.1, 0.15) is 0 Å². The smallest absolute Gasteiger partial charge is 0.396 e. The van der Waals surface area contributed by atoms with E-state index in [2.05, 4.69) is 13.0 Å². The molecule has 6 nitrogen and oxygen atoms in total. The lowest BCUT2D eigenvalue weighted by Gasteiger charge is -2.09. The molecule has 0 aromatic heterocycles. The number of rotatable bonds is 19. The Hall–Kier alpha value is -0.0900. The van der Waals surface area contributed by atoms with E-state index in [1.54, 1.807) is 0 Å². The number of nitrogens with zero attached hydrogens (tertiary/aromatic N) is 1. The average molecular weight is 454 g/mol. The first-order chi connectivity index (χ1) is 13.8. The normalized spacial score (nSPS) is 12.1. The molecule has 0 saturated heterocycles. The predicted molar refractivity (Wildman–Crippen MR) is 123 cm³/mol. The molecule has 0 rings (SSSR count). The van der Waals surface area contributed by atoms with Crippen LogP contribution in [0.25, 0.3) is 0 Å². The Morgan fingerprint density at radius 1 is 0.828 bits per heavy atom. The molecule has 0 heterocycles. The van der Waals surface area contributed by atoms with Crippen molar-refractivity contribution >= 4 is 19.6 Å². The van der Waals surface area contributed by atoms with Crippen molar-refractivity contribution in [2.75, 3.05) is 18.1 Å². The van der Waals surface area contributed by atoms with Crippen molar-refractivity contribution in [3.8, 4) is 6.07 Å². The number of hydrogen-bond donors (Lipinski definition) is 4. The molecule has 0 aliphatic rings. The van der Waals surface area contributed by atoms with Crippen LogP contribution in [-0.2, 0) is 4.57 Å². The molecule has 29 heavy (non-hydrogen) atoms. The number of phosphoric acid groups is 1. The highest BCUT2D eigenvalue weighted by atomic mass is 32.2. The summed E-state index contributed by atoms with van der Waals surface area (Å²) >= 11 is 1.90. The van der Waals surface area contributed by atoms with Crippen LogP contribution < -0.4 is 0 Å². The SMILES string of the molecule is CCCCCCCCCCCCCCCCSCC(CO)CC#N.O=P(O)(O)O. The number of thioether (sulfide) groups is 1. The fraction of sp³-hybridized carbons (Fsp3) is 0.952. The van der Waals surface area contributed by atoms with Crippen LogP contribution in [0, 0.1) is 17.2 Å². The predicted octanol–water partition coefficient (Wildman–Crippen LogP) is 5.79. The van der Waals surface area contributed by atoms with E-state index in [9.17, 15) is 0 Å². The molecule has 0 fully saturated rings. The zero-order valence-electron chi connectivity index (χ0n) is 18.3. The van der Waals surface area contributed by atoms with E-state index in [4.69, 9.17) is 29.6 Å². The molecular formula is C21H44NO5PS. The minimum Gasteiger partial charge on any atom is -0.396 e. The van der Waals surface area contributed by atoms with Gasteiger partial charge in [-0.15, -0.1) is 0 Å². The van der Waals surface area contributed by atoms with Crippen LogP contribution in [0.3, 0.4) is 0 Å². The van der Waals surface area contributed by atoms with Crippen molar-refractivity contribution in [1.29, 1.82) is 5.26 Å². The van der Waals surface area contributed by atoms with Crippen LogP contribution in [0.1, 0.15) is 103 Å². The maximum Gasteiger partial charge on any atom is 0.466 e. The van der Waals surface area contributed by atoms with Gasteiger partial charge in [-0.1, -0.05) is 90.4 Å². The highest BCUT2D eigenvalue weighted by Crippen LogP contribution is 2.25. The van der Waals surface area contributed by atoms with Gasteiger partial charge in [-0.05, 0) is 17.9 Å². The molecule has 0 aliphatic carbocycles. The second-order valence-corrected chi connectivity index (χ2v) is 9.77. The van der Waals surface area contributed by atoms with Gasteiger partial charge in [0, 0.05) is 18.9 Å².